The molecule has 1 aromatic carbocycles. The maximum absolute atomic E-state index is 11.9. The molecule has 0 fully saturated rings. The average Bonchev–Trinajstić information content (AvgIpc) is 2.70. The van der Waals surface area contributed by atoms with Gasteiger partial charge in [0.05, 0.1) is 5.52 Å². The van der Waals surface area contributed by atoms with Crippen LogP contribution in [0.4, 0.5) is 0 Å². The van der Waals surface area contributed by atoms with E-state index in [4.69, 9.17) is 0 Å². The van der Waals surface area contributed by atoms with Crippen LogP contribution in [0.1, 0.15) is 16.9 Å². The minimum Gasteiger partial charge on any atom is -0.338 e. The second-order valence-corrected chi connectivity index (χ2v) is 4.40. The number of para-hydroxylation sites is 1. The fourth-order valence-electron chi connectivity index (χ4n) is 2.77. The Bertz CT molecular complexity index is 770. The molecule has 17 heavy (non-hydrogen) atoms. The third-order valence-electron chi connectivity index (χ3n) is 3.51. The van der Waals surface area contributed by atoms with Crippen LogP contribution in [0.5, 0.6) is 0 Å². The summed E-state index contributed by atoms with van der Waals surface area (Å²) in [5.74, 6) is 0.158. The molecule has 0 saturated heterocycles. The summed E-state index contributed by atoms with van der Waals surface area (Å²) < 4.78 is 2.22. The van der Waals surface area contributed by atoms with Crippen molar-refractivity contribution in [3.63, 3.8) is 0 Å². The smallest absolute Gasteiger partial charge is 0.185 e. The van der Waals surface area contributed by atoms with Crippen LogP contribution in [0.2, 0.25) is 0 Å². The molecule has 2 aromatic heterocycles. The Morgan fingerprint density at radius 1 is 1.12 bits per heavy atom. The number of ketones is 1. The molecule has 0 saturated carbocycles. The van der Waals surface area contributed by atoms with E-state index in [1.54, 1.807) is 6.20 Å². The average molecular weight is 222 g/mol. The number of carbonyl (C=O) groups excluding carboxylic acids is 1. The Kier molecular flexibility index (Phi) is 1.55. The summed E-state index contributed by atoms with van der Waals surface area (Å²) in [4.78, 5) is 16.1. The first kappa shape index (κ1) is 8.93. The molecule has 3 nitrogen and oxygen atoms in total. The SMILES string of the molecule is O=C1CCn2c3ccccc3c3ccnc1c32. The number of rotatable bonds is 0. The van der Waals surface area contributed by atoms with Crippen LogP contribution in [0.3, 0.4) is 0 Å². The van der Waals surface area contributed by atoms with Gasteiger partial charge in [0.15, 0.2) is 5.78 Å². The quantitative estimate of drug-likeness (QED) is 0.586. The Balaban J connectivity index is 2.35. The first-order chi connectivity index (χ1) is 8.36. The monoisotopic (exact) mass is 222 g/mol. The van der Waals surface area contributed by atoms with Gasteiger partial charge in [-0.1, -0.05) is 18.2 Å². The highest BCUT2D eigenvalue weighted by atomic mass is 16.1. The predicted molar refractivity (Wildman–Crippen MR) is 66.2 cm³/mol. The van der Waals surface area contributed by atoms with Crippen molar-refractivity contribution < 1.29 is 4.79 Å². The van der Waals surface area contributed by atoms with E-state index in [0.717, 1.165) is 17.4 Å². The molecule has 0 atom stereocenters. The Morgan fingerprint density at radius 2 is 2.00 bits per heavy atom. The van der Waals surface area contributed by atoms with Gasteiger partial charge in [-0.15, -0.1) is 0 Å². The van der Waals surface area contributed by atoms with E-state index in [2.05, 4.69) is 21.7 Å². The van der Waals surface area contributed by atoms with E-state index < -0.39 is 0 Å². The van der Waals surface area contributed by atoms with Gasteiger partial charge in [0.2, 0.25) is 0 Å². The van der Waals surface area contributed by atoms with Crippen LogP contribution < -0.4 is 0 Å². The molecule has 0 aliphatic carbocycles. The highest BCUT2D eigenvalue weighted by Gasteiger charge is 2.23. The molecule has 3 heteroatoms. The molecule has 3 aromatic rings. The number of hydrogen-bond donors (Lipinski definition) is 0. The summed E-state index contributed by atoms with van der Waals surface area (Å²) in [6.45, 7) is 0.765. The van der Waals surface area contributed by atoms with Crippen molar-refractivity contribution >= 4 is 27.6 Å². The summed E-state index contributed by atoms with van der Waals surface area (Å²) in [6, 6.07) is 10.3. The van der Waals surface area contributed by atoms with E-state index in [1.165, 1.54) is 10.9 Å². The number of hydrogen-bond acceptors (Lipinski definition) is 2. The van der Waals surface area contributed by atoms with Crippen molar-refractivity contribution in [2.45, 2.75) is 13.0 Å². The van der Waals surface area contributed by atoms with Gasteiger partial charge in [0.25, 0.3) is 0 Å². The van der Waals surface area contributed by atoms with Crippen molar-refractivity contribution in [3.05, 3.63) is 42.2 Å². The second-order valence-electron chi connectivity index (χ2n) is 4.40. The standard InChI is InChI=1S/C14H10N2O/c17-12-6-8-16-11-4-2-1-3-9(11)10-5-7-15-13(12)14(10)16/h1-5,7H,6,8H2. The Hall–Kier alpha value is -2.16. The predicted octanol–water partition coefficient (Wildman–Crippen LogP) is 2.78. The number of aromatic nitrogens is 2. The zero-order valence-corrected chi connectivity index (χ0v) is 9.18. The van der Waals surface area contributed by atoms with Crippen molar-refractivity contribution in [1.82, 2.24) is 9.55 Å². The third kappa shape index (κ3) is 1.01. The molecule has 0 unspecified atom stereocenters. The molecule has 0 amide bonds. The molecule has 82 valence electrons. The molecule has 1 aliphatic rings. The molecule has 3 heterocycles. The van der Waals surface area contributed by atoms with E-state index in [9.17, 15) is 4.79 Å². The summed E-state index contributed by atoms with van der Waals surface area (Å²) in [7, 11) is 0. The third-order valence-corrected chi connectivity index (χ3v) is 3.51. The number of nitrogens with zero attached hydrogens (tertiary/aromatic N) is 2. The summed E-state index contributed by atoms with van der Waals surface area (Å²) >= 11 is 0. The largest absolute Gasteiger partial charge is 0.338 e. The van der Waals surface area contributed by atoms with Crippen molar-refractivity contribution in [3.8, 4) is 0 Å². The zero-order chi connectivity index (χ0) is 11.4. The zero-order valence-electron chi connectivity index (χ0n) is 9.18. The van der Waals surface area contributed by atoms with Crippen LogP contribution >= 0.6 is 0 Å². The molecular formula is C14H10N2O. The minimum atomic E-state index is 0.158. The topological polar surface area (TPSA) is 34.9 Å². The van der Waals surface area contributed by atoms with Crippen LogP contribution in [0, 0.1) is 0 Å². The molecule has 0 bridgehead atoms. The van der Waals surface area contributed by atoms with Gasteiger partial charge >= 0.3 is 0 Å². The number of pyridine rings is 1. The van der Waals surface area contributed by atoms with Crippen LogP contribution in [-0.4, -0.2) is 15.3 Å². The number of carbonyl (C=O) groups is 1. The molecule has 4 rings (SSSR count). The van der Waals surface area contributed by atoms with Gasteiger partial charge in [-0.25, -0.2) is 0 Å². The van der Waals surface area contributed by atoms with Crippen LogP contribution in [-0.2, 0) is 6.54 Å². The first-order valence-corrected chi connectivity index (χ1v) is 5.75. The van der Waals surface area contributed by atoms with E-state index in [0.29, 0.717) is 12.1 Å². The lowest BCUT2D eigenvalue weighted by Gasteiger charge is -2.14. The van der Waals surface area contributed by atoms with Crippen LogP contribution in [0.15, 0.2) is 36.5 Å². The van der Waals surface area contributed by atoms with Gasteiger partial charge in [-0.05, 0) is 12.1 Å². The number of benzene rings is 1. The number of Topliss-reactive ketones (excluding diaryl/α,β-unsaturated/α-hetero) is 1. The van der Waals surface area contributed by atoms with E-state index in [1.807, 2.05) is 18.2 Å². The molecule has 0 radical (unpaired) electrons. The lowest BCUT2D eigenvalue weighted by atomic mass is 10.1. The van der Waals surface area contributed by atoms with Gasteiger partial charge in [-0.2, -0.15) is 0 Å². The maximum Gasteiger partial charge on any atom is 0.185 e. The first-order valence-electron chi connectivity index (χ1n) is 5.75. The highest BCUT2D eigenvalue weighted by molar-refractivity contribution is 6.16. The van der Waals surface area contributed by atoms with Gasteiger partial charge in [-0.3, -0.25) is 9.78 Å². The molecular weight excluding hydrogens is 212 g/mol. The van der Waals surface area contributed by atoms with E-state index in [-0.39, 0.29) is 5.78 Å². The fourth-order valence-corrected chi connectivity index (χ4v) is 2.77. The minimum absolute atomic E-state index is 0.158. The second kappa shape index (κ2) is 2.94. The summed E-state index contributed by atoms with van der Waals surface area (Å²) in [5.41, 5.74) is 2.83. The molecule has 0 N–H and O–H groups in total. The maximum atomic E-state index is 11.9. The van der Waals surface area contributed by atoms with E-state index >= 15 is 0 Å². The lowest BCUT2D eigenvalue weighted by Crippen LogP contribution is -2.15. The number of fused-ring (bicyclic) bond motifs is 3. The Labute approximate surface area is 97.7 Å². The van der Waals surface area contributed by atoms with Gasteiger partial charge < -0.3 is 4.57 Å². The molecule has 0 spiro atoms. The van der Waals surface area contributed by atoms with Crippen molar-refractivity contribution in [2.75, 3.05) is 0 Å². The summed E-state index contributed by atoms with van der Waals surface area (Å²) in [6.07, 6.45) is 2.29. The highest BCUT2D eigenvalue weighted by Crippen LogP contribution is 2.33. The summed E-state index contributed by atoms with van der Waals surface area (Å²) in [5, 5.41) is 2.35. The van der Waals surface area contributed by atoms with Gasteiger partial charge in [0, 0.05) is 35.5 Å². The normalized spacial score (nSPS) is 14.7. The van der Waals surface area contributed by atoms with Gasteiger partial charge in [0.1, 0.15) is 5.69 Å². The fraction of sp³-hybridized carbons (Fsp3) is 0.143. The van der Waals surface area contributed by atoms with Crippen molar-refractivity contribution in [2.24, 2.45) is 0 Å². The van der Waals surface area contributed by atoms with Crippen molar-refractivity contribution in [1.29, 1.82) is 0 Å². The number of aryl methyl sites for hydroxylation is 1. The Morgan fingerprint density at radius 3 is 2.94 bits per heavy atom. The lowest BCUT2D eigenvalue weighted by molar-refractivity contribution is 0.0969. The molecule has 1 aliphatic heterocycles. The van der Waals surface area contributed by atoms with Crippen LogP contribution in [0.25, 0.3) is 21.8 Å².